The number of unbranched alkanes of at least 4 members (excludes halogenated alkanes) is 1. The van der Waals surface area contributed by atoms with Crippen LogP contribution in [0.5, 0.6) is 0 Å². The van der Waals surface area contributed by atoms with Gasteiger partial charge in [-0.05, 0) is 0 Å². The molecular formula is C4H10N2O. The summed E-state index contributed by atoms with van der Waals surface area (Å²) in [4.78, 5) is 9.36. The molecule has 0 spiro atoms. The maximum Gasteiger partial charge on any atom is 0.151 e. The zero-order valence-corrected chi connectivity index (χ0v) is 4.72. The van der Waals surface area contributed by atoms with Crippen LogP contribution >= 0.6 is 0 Å². The van der Waals surface area contributed by atoms with Gasteiger partial charge in [0, 0.05) is 0 Å². The van der Waals surface area contributed by atoms with Gasteiger partial charge in [0.25, 0.3) is 0 Å². The van der Waals surface area contributed by atoms with Gasteiger partial charge in [0.1, 0.15) is 4.97 Å². The van der Waals surface area contributed by atoms with E-state index < -0.39 is 0 Å². The minimum absolute atomic E-state index is 1.25. The average molecular weight is 102 g/mol. The molecule has 0 aromatic heterocycles. The lowest BCUT2D eigenvalue weighted by atomic mass is 10.4. The number of hydrogen-bond acceptors (Lipinski definition) is 1. The summed E-state index contributed by atoms with van der Waals surface area (Å²) in [6, 6.07) is 0. The van der Waals surface area contributed by atoms with Gasteiger partial charge in [0.2, 0.25) is 0 Å². The Morgan fingerprint density at radius 2 is 1.57 bits per heavy atom. The lowest BCUT2D eigenvalue weighted by Crippen LogP contribution is -1.47. The first-order chi connectivity index (χ1) is 3.33. The molecule has 0 aliphatic rings. The summed E-state index contributed by atoms with van der Waals surface area (Å²) in [7, 11) is 0. The van der Waals surface area contributed by atoms with E-state index in [4.69, 9.17) is 10.4 Å². The SMILES string of the molecule is CCCC.[N-]=[N+]=O. The average Bonchev–Trinajstić information content (AvgIpc) is 1.69. The van der Waals surface area contributed by atoms with Crippen LogP contribution in [0.15, 0.2) is 0 Å². The molecule has 42 valence electrons. The first-order valence-electron chi connectivity index (χ1n) is 2.30. The zero-order valence-electron chi connectivity index (χ0n) is 4.72. The van der Waals surface area contributed by atoms with Gasteiger partial charge in [-0.15, -0.1) is 0 Å². The van der Waals surface area contributed by atoms with Crippen LogP contribution in [-0.4, -0.2) is 0 Å². The van der Waals surface area contributed by atoms with Crippen molar-refractivity contribution < 1.29 is 0 Å². The maximum absolute atomic E-state index is 8.11. The third-order valence-electron chi connectivity index (χ3n) is 0.500. The summed E-state index contributed by atoms with van der Waals surface area (Å²) in [6.45, 7) is 4.36. The van der Waals surface area contributed by atoms with Crippen LogP contribution in [0.25, 0.3) is 5.53 Å². The van der Waals surface area contributed by atoms with Crippen molar-refractivity contribution in [2.24, 2.45) is 0 Å². The predicted octanol–water partition coefficient (Wildman–Crippen LogP) is 1.65. The maximum atomic E-state index is 8.11. The smallest absolute Gasteiger partial charge is 0.151 e. The molecule has 0 saturated carbocycles. The van der Waals surface area contributed by atoms with Gasteiger partial charge in [-0.25, -0.2) is 0 Å². The van der Waals surface area contributed by atoms with Crippen LogP contribution in [-0.2, 0) is 0 Å². The Bertz CT molecular complexity index is 45.7. The van der Waals surface area contributed by atoms with Crippen molar-refractivity contribution in [2.75, 3.05) is 0 Å². The summed E-state index contributed by atoms with van der Waals surface area (Å²) in [5.74, 6) is 0. The Morgan fingerprint density at radius 1 is 1.43 bits per heavy atom. The molecule has 0 aromatic carbocycles. The summed E-state index contributed by atoms with van der Waals surface area (Å²) >= 11 is 0. The highest BCUT2D eigenvalue weighted by Gasteiger charge is 1.56. The molecule has 0 aliphatic heterocycles. The van der Waals surface area contributed by atoms with Gasteiger partial charge in [-0.1, -0.05) is 26.7 Å². The van der Waals surface area contributed by atoms with E-state index in [2.05, 4.69) is 13.8 Å². The molecule has 0 bridgehead atoms. The van der Waals surface area contributed by atoms with Gasteiger partial charge in [-0.3, -0.25) is 5.53 Å². The lowest BCUT2D eigenvalue weighted by molar-refractivity contribution is 0.886. The quantitative estimate of drug-likeness (QED) is 0.367. The van der Waals surface area contributed by atoms with Crippen LogP contribution in [0.3, 0.4) is 0 Å². The van der Waals surface area contributed by atoms with Gasteiger partial charge in [0.15, 0.2) is 4.91 Å². The molecule has 0 radical (unpaired) electrons. The Balaban J connectivity index is 0. The van der Waals surface area contributed by atoms with Crippen LogP contribution in [0.1, 0.15) is 26.7 Å². The largest absolute Gasteiger partial charge is 0.294 e. The molecule has 0 aromatic rings. The van der Waals surface area contributed by atoms with Crippen molar-refractivity contribution in [3.63, 3.8) is 0 Å². The van der Waals surface area contributed by atoms with Crippen LogP contribution in [0.2, 0.25) is 0 Å². The second-order valence-corrected chi connectivity index (χ2v) is 1.08. The minimum atomic E-state index is 1.25. The molecule has 0 aliphatic carbocycles. The van der Waals surface area contributed by atoms with Crippen LogP contribution < -0.4 is 4.97 Å². The number of nitrogens with zero attached hydrogens (tertiary/aromatic N) is 2. The fraction of sp³-hybridized carbons (Fsp3) is 1.00. The highest BCUT2D eigenvalue weighted by molar-refractivity contribution is 4.12. The first-order valence-corrected chi connectivity index (χ1v) is 2.30. The van der Waals surface area contributed by atoms with Gasteiger partial charge < -0.3 is 0 Å². The second-order valence-electron chi connectivity index (χ2n) is 1.08. The molecule has 0 N–H and O–H groups in total. The summed E-state index contributed by atoms with van der Waals surface area (Å²) in [5.41, 5.74) is 6.64. The molecule has 0 saturated heterocycles. The van der Waals surface area contributed by atoms with E-state index in [0.29, 0.717) is 0 Å². The van der Waals surface area contributed by atoms with E-state index in [1.54, 1.807) is 0 Å². The highest BCUT2D eigenvalue weighted by Crippen LogP contribution is 1.76. The third kappa shape index (κ3) is 605. The van der Waals surface area contributed by atoms with Gasteiger partial charge in [0.05, 0.1) is 0 Å². The van der Waals surface area contributed by atoms with Gasteiger partial charge in [-0.2, -0.15) is 0 Å². The fourth-order valence-corrected chi connectivity index (χ4v) is 0. The standard InChI is InChI=1S/C4H10.N2O/c1-3-4-2;1-2-3/h3-4H2,1-2H3;. The molecule has 0 unspecified atom stereocenters. The molecule has 3 heteroatoms. The molecule has 0 atom stereocenters. The molecule has 0 amide bonds. The molecule has 0 rings (SSSR count). The van der Waals surface area contributed by atoms with E-state index >= 15 is 0 Å². The summed E-state index contributed by atoms with van der Waals surface area (Å²) in [6.07, 6.45) is 2.64. The zero-order chi connectivity index (χ0) is 6.12. The molecule has 0 fully saturated rings. The Kier molecular flexibility index (Phi) is 25.3. The lowest BCUT2D eigenvalue weighted by Gasteiger charge is -1.68. The van der Waals surface area contributed by atoms with Crippen molar-refractivity contribution >= 4 is 0 Å². The van der Waals surface area contributed by atoms with E-state index in [1.165, 1.54) is 17.8 Å². The summed E-state index contributed by atoms with van der Waals surface area (Å²) < 4.78 is 0. The number of hydrogen-bond donors (Lipinski definition) is 0. The van der Waals surface area contributed by atoms with Crippen molar-refractivity contribution in [3.8, 4) is 0 Å². The normalized spacial score (nSPS) is 5.43. The third-order valence-corrected chi connectivity index (χ3v) is 0.500. The van der Waals surface area contributed by atoms with Crippen molar-refractivity contribution in [3.05, 3.63) is 10.4 Å². The monoisotopic (exact) mass is 102 g/mol. The molecule has 7 heavy (non-hydrogen) atoms. The van der Waals surface area contributed by atoms with E-state index in [9.17, 15) is 0 Å². The fourth-order valence-electron chi connectivity index (χ4n) is 0. The van der Waals surface area contributed by atoms with E-state index in [1.807, 2.05) is 0 Å². The van der Waals surface area contributed by atoms with Crippen molar-refractivity contribution in [1.82, 2.24) is 4.97 Å². The topological polar surface area (TPSA) is 53.5 Å². The van der Waals surface area contributed by atoms with Gasteiger partial charge >= 0.3 is 0 Å². The van der Waals surface area contributed by atoms with Crippen molar-refractivity contribution in [2.45, 2.75) is 26.7 Å². The highest BCUT2D eigenvalue weighted by atomic mass is 16.2. The predicted molar refractivity (Wildman–Crippen MR) is 29.4 cm³/mol. The summed E-state index contributed by atoms with van der Waals surface area (Å²) in [5, 5.41) is 0. The Morgan fingerprint density at radius 3 is 1.57 bits per heavy atom. The molecule has 0 heterocycles. The number of rotatable bonds is 1. The Labute approximate surface area is 43.2 Å². The minimum Gasteiger partial charge on any atom is -0.294 e. The second kappa shape index (κ2) is 18.5. The van der Waals surface area contributed by atoms with Crippen LogP contribution in [0.4, 0.5) is 0 Å². The Hall–Kier alpha value is -0.690. The van der Waals surface area contributed by atoms with Crippen molar-refractivity contribution in [1.29, 1.82) is 0 Å². The van der Waals surface area contributed by atoms with Crippen LogP contribution in [0, 0.1) is 4.91 Å². The number of nitroso groups, excluding NO2 is 1. The van der Waals surface area contributed by atoms with E-state index in [-0.39, 0.29) is 0 Å². The van der Waals surface area contributed by atoms with E-state index in [0.717, 1.165) is 0 Å². The molecule has 3 nitrogen and oxygen atoms in total. The first kappa shape index (κ1) is 9.58. The molecular weight excluding hydrogens is 92.1 g/mol.